The summed E-state index contributed by atoms with van der Waals surface area (Å²) in [6, 6.07) is 0.386. The Morgan fingerprint density at radius 2 is 1.82 bits per heavy atom. The van der Waals surface area contributed by atoms with Crippen LogP contribution < -0.4 is 16.0 Å². The van der Waals surface area contributed by atoms with Crippen LogP contribution >= 0.6 is 0 Å². The third-order valence-electron chi connectivity index (χ3n) is 2.93. The maximum Gasteiger partial charge on any atom is 0.407 e. The van der Waals surface area contributed by atoms with Gasteiger partial charge in [-0.2, -0.15) is 0 Å². The van der Waals surface area contributed by atoms with E-state index in [-0.39, 0.29) is 0 Å². The summed E-state index contributed by atoms with van der Waals surface area (Å²) in [4.78, 5) is 15.7. The zero-order valence-electron chi connectivity index (χ0n) is 15.1. The molecular weight excluding hydrogens is 280 g/mol. The topological polar surface area (TPSA) is 74.8 Å². The van der Waals surface area contributed by atoms with Crippen LogP contribution in [0.25, 0.3) is 0 Å². The fourth-order valence-electron chi connectivity index (χ4n) is 1.86. The predicted molar refractivity (Wildman–Crippen MR) is 92.3 cm³/mol. The third-order valence-corrected chi connectivity index (χ3v) is 2.93. The summed E-state index contributed by atoms with van der Waals surface area (Å²) in [6.45, 7) is 11.0. The number of unbranched alkanes of at least 4 members (excludes halogenated alkanes) is 2. The van der Waals surface area contributed by atoms with Crippen LogP contribution in [0.15, 0.2) is 4.99 Å². The van der Waals surface area contributed by atoms with E-state index in [4.69, 9.17) is 4.74 Å². The molecule has 0 fully saturated rings. The Bertz CT molecular complexity index is 338. The fraction of sp³-hybridized carbons (Fsp3) is 0.875. The number of amides is 1. The molecule has 0 saturated heterocycles. The molecule has 22 heavy (non-hydrogen) atoms. The number of aliphatic imine (C=N–C) groups is 1. The molecule has 0 rings (SSSR count). The second-order valence-corrected chi connectivity index (χ2v) is 6.47. The van der Waals surface area contributed by atoms with Gasteiger partial charge in [-0.1, -0.05) is 26.2 Å². The molecule has 0 radical (unpaired) electrons. The highest BCUT2D eigenvalue weighted by molar-refractivity contribution is 5.79. The van der Waals surface area contributed by atoms with Gasteiger partial charge in [0.25, 0.3) is 0 Å². The lowest BCUT2D eigenvalue weighted by atomic mass is 10.1. The van der Waals surface area contributed by atoms with E-state index in [9.17, 15) is 4.79 Å². The average molecular weight is 314 g/mol. The molecule has 0 bridgehead atoms. The van der Waals surface area contributed by atoms with E-state index in [1.165, 1.54) is 19.3 Å². The van der Waals surface area contributed by atoms with E-state index in [1.807, 2.05) is 20.8 Å². The molecule has 130 valence electrons. The number of nitrogens with zero attached hydrogens (tertiary/aromatic N) is 1. The molecule has 1 unspecified atom stereocenters. The minimum atomic E-state index is -0.469. The van der Waals surface area contributed by atoms with Gasteiger partial charge in [-0.05, 0) is 34.1 Å². The van der Waals surface area contributed by atoms with Gasteiger partial charge in [0, 0.05) is 26.2 Å². The second-order valence-electron chi connectivity index (χ2n) is 6.47. The first-order valence-corrected chi connectivity index (χ1v) is 8.22. The van der Waals surface area contributed by atoms with E-state index < -0.39 is 11.7 Å². The van der Waals surface area contributed by atoms with E-state index >= 15 is 0 Å². The van der Waals surface area contributed by atoms with Gasteiger partial charge in [-0.3, -0.25) is 4.99 Å². The van der Waals surface area contributed by atoms with Gasteiger partial charge in [-0.25, -0.2) is 4.79 Å². The van der Waals surface area contributed by atoms with Gasteiger partial charge in [0.1, 0.15) is 5.60 Å². The number of hydrogen-bond acceptors (Lipinski definition) is 3. The van der Waals surface area contributed by atoms with E-state index in [1.54, 1.807) is 7.05 Å². The highest BCUT2D eigenvalue weighted by Gasteiger charge is 2.15. The molecule has 1 amide bonds. The molecule has 0 aliphatic rings. The number of carbonyl (C=O) groups is 1. The van der Waals surface area contributed by atoms with Crippen molar-refractivity contribution in [3.05, 3.63) is 0 Å². The summed E-state index contributed by atoms with van der Waals surface area (Å²) >= 11 is 0. The molecule has 6 nitrogen and oxygen atoms in total. The number of hydrogen-bond donors (Lipinski definition) is 3. The van der Waals surface area contributed by atoms with Crippen molar-refractivity contribution >= 4 is 12.1 Å². The van der Waals surface area contributed by atoms with Crippen molar-refractivity contribution in [2.75, 3.05) is 20.1 Å². The summed E-state index contributed by atoms with van der Waals surface area (Å²) in [7, 11) is 1.75. The smallest absolute Gasteiger partial charge is 0.407 e. The molecule has 0 aliphatic heterocycles. The molecule has 0 saturated carbocycles. The molecule has 0 aromatic carbocycles. The summed E-state index contributed by atoms with van der Waals surface area (Å²) < 4.78 is 5.17. The highest BCUT2D eigenvalue weighted by Crippen LogP contribution is 2.06. The number of guanidine groups is 1. The van der Waals surface area contributed by atoms with Gasteiger partial charge in [-0.15, -0.1) is 0 Å². The second kappa shape index (κ2) is 11.2. The van der Waals surface area contributed by atoms with Gasteiger partial charge >= 0.3 is 6.09 Å². The minimum absolute atomic E-state index is 0.386. The Balaban J connectivity index is 3.85. The van der Waals surface area contributed by atoms with E-state index in [2.05, 4.69) is 34.8 Å². The zero-order valence-corrected chi connectivity index (χ0v) is 15.1. The first-order valence-electron chi connectivity index (χ1n) is 8.22. The Morgan fingerprint density at radius 1 is 1.18 bits per heavy atom. The lowest BCUT2D eigenvalue weighted by Gasteiger charge is -2.20. The number of carbonyl (C=O) groups excluding carboxylic acids is 1. The lowest BCUT2D eigenvalue weighted by molar-refractivity contribution is 0.0529. The Morgan fingerprint density at radius 3 is 2.36 bits per heavy atom. The number of nitrogens with one attached hydrogen (secondary N) is 3. The van der Waals surface area contributed by atoms with Crippen LogP contribution in [0.2, 0.25) is 0 Å². The van der Waals surface area contributed by atoms with Crippen LogP contribution in [0.1, 0.15) is 60.3 Å². The average Bonchev–Trinajstić information content (AvgIpc) is 2.40. The summed E-state index contributed by atoms with van der Waals surface area (Å²) in [6.07, 6.45) is 4.45. The maximum atomic E-state index is 11.5. The van der Waals surface area contributed by atoms with Crippen LogP contribution in [-0.4, -0.2) is 43.8 Å². The largest absolute Gasteiger partial charge is 0.444 e. The van der Waals surface area contributed by atoms with Crippen molar-refractivity contribution in [2.45, 2.75) is 71.9 Å². The van der Waals surface area contributed by atoms with Crippen molar-refractivity contribution in [3.8, 4) is 0 Å². The number of rotatable bonds is 8. The van der Waals surface area contributed by atoms with Crippen LogP contribution in [0, 0.1) is 0 Å². The summed E-state index contributed by atoms with van der Waals surface area (Å²) in [5.41, 5.74) is -0.469. The molecule has 0 aliphatic carbocycles. The molecule has 0 aromatic rings. The first-order chi connectivity index (χ1) is 10.3. The van der Waals surface area contributed by atoms with Gasteiger partial charge in [0.2, 0.25) is 0 Å². The predicted octanol–water partition coefficient (Wildman–Crippen LogP) is 2.64. The van der Waals surface area contributed by atoms with E-state index in [0.717, 1.165) is 12.4 Å². The monoisotopic (exact) mass is 314 g/mol. The Kier molecular flexibility index (Phi) is 10.4. The standard InChI is InChI=1S/C16H34N4O2/c1-7-8-9-10-13(2)20-14(17-6)18-11-12-19-15(21)22-16(3,4)5/h13H,7-12H2,1-6H3,(H,19,21)(H2,17,18,20). The SMILES string of the molecule is CCCCCC(C)NC(=NC)NCCNC(=O)OC(C)(C)C. The first kappa shape index (κ1) is 20.5. The highest BCUT2D eigenvalue weighted by atomic mass is 16.6. The fourth-order valence-corrected chi connectivity index (χ4v) is 1.86. The molecule has 3 N–H and O–H groups in total. The number of alkyl carbamates (subject to hydrolysis) is 1. The Labute approximate surface area is 135 Å². The zero-order chi connectivity index (χ0) is 17.0. The van der Waals surface area contributed by atoms with Crippen molar-refractivity contribution in [1.82, 2.24) is 16.0 Å². The molecule has 6 heteroatoms. The summed E-state index contributed by atoms with van der Waals surface area (Å²) in [5.74, 6) is 0.759. The molecular formula is C16H34N4O2. The number of ether oxygens (including phenoxy) is 1. The summed E-state index contributed by atoms with van der Waals surface area (Å²) in [5, 5.41) is 9.23. The van der Waals surface area contributed by atoms with Crippen molar-refractivity contribution < 1.29 is 9.53 Å². The van der Waals surface area contributed by atoms with Crippen LogP contribution in [0.5, 0.6) is 0 Å². The van der Waals surface area contributed by atoms with Crippen molar-refractivity contribution in [3.63, 3.8) is 0 Å². The minimum Gasteiger partial charge on any atom is -0.444 e. The lowest BCUT2D eigenvalue weighted by Crippen LogP contribution is -2.45. The quantitative estimate of drug-likeness (QED) is 0.366. The van der Waals surface area contributed by atoms with E-state index in [0.29, 0.717) is 19.1 Å². The molecule has 1 atom stereocenters. The molecule has 0 spiro atoms. The molecule has 0 aromatic heterocycles. The van der Waals surface area contributed by atoms with Crippen LogP contribution in [0.4, 0.5) is 4.79 Å². The molecule has 0 heterocycles. The van der Waals surface area contributed by atoms with Gasteiger partial charge < -0.3 is 20.7 Å². The van der Waals surface area contributed by atoms with Crippen molar-refractivity contribution in [2.24, 2.45) is 4.99 Å². The third kappa shape index (κ3) is 12.3. The Hall–Kier alpha value is -1.46. The maximum absolute atomic E-state index is 11.5. The normalized spacial score (nSPS) is 13.5. The van der Waals surface area contributed by atoms with Gasteiger partial charge in [0.15, 0.2) is 5.96 Å². The van der Waals surface area contributed by atoms with Crippen molar-refractivity contribution in [1.29, 1.82) is 0 Å². The van der Waals surface area contributed by atoms with Gasteiger partial charge in [0.05, 0.1) is 0 Å². The van der Waals surface area contributed by atoms with Crippen LogP contribution in [0.3, 0.4) is 0 Å². The van der Waals surface area contributed by atoms with Crippen LogP contribution in [-0.2, 0) is 4.74 Å².